The Kier molecular flexibility index (Phi) is 9.15. The first kappa shape index (κ1) is 16.7. The minimum absolute atomic E-state index is 0.217. The van der Waals surface area contributed by atoms with Gasteiger partial charge in [-0.25, -0.2) is 0 Å². The van der Waals surface area contributed by atoms with Gasteiger partial charge in [0, 0.05) is 12.8 Å². The molecule has 2 nitrogen and oxygen atoms in total. The fourth-order valence-electron chi connectivity index (χ4n) is 2.87. The molecule has 1 aliphatic heterocycles. The van der Waals surface area contributed by atoms with Crippen molar-refractivity contribution in [2.75, 3.05) is 0 Å². The van der Waals surface area contributed by atoms with Gasteiger partial charge in [-0.3, -0.25) is 4.79 Å². The maximum atomic E-state index is 11.8. The maximum absolute atomic E-state index is 11.8. The largest absolute Gasteiger partial charge is 0.375 e. The molecule has 1 heterocycles. The van der Waals surface area contributed by atoms with Gasteiger partial charge in [0.15, 0.2) is 0 Å². The lowest BCUT2D eigenvalue weighted by Gasteiger charge is -2.30. The van der Waals surface area contributed by atoms with E-state index in [1.165, 1.54) is 44.9 Å². The smallest absolute Gasteiger partial charge is 0.135 e. The van der Waals surface area contributed by atoms with E-state index in [1.54, 1.807) is 0 Å². The normalized spacial score (nSPS) is 23.5. The first-order valence-corrected chi connectivity index (χ1v) is 8.43. The molecule has 0 bridgehead atoms. The van der Waals surface area contributed by atoms with Crippen molar-refractivity contribution in [3.8, 4) is 0 Å². The van der Waals surface area contributed by atoms with Crippen molar-refractivity contribution in [2.45, 2.75) is 103 Å². The van der Waals surface area contributed by atoms with Crippen LogP contribution in [-0.2, 0) is 9.53 Å². The van der Waals surface area contributed by atoms with Crippen molar-refractivity contribution in [2.24, 2.45) is 0 Å². The summed E-state index contributed by atoms with van der Waals surface area (Å²) in [7, 11) is 0. The second-order valence-corrected chi connectivity index (χ2v) is 6.01. The zero-order valence-corrected chi connectivity index (χ0v) is 13.0. The van der Waals surface area contributed by atoms with E-state index in [2.05, 4.69) is 13.8 Å². The summed E-state index contributed by atoms with van der Waals surface area (Å²) >= 11 is 0. The molecule has 112 valence electrons. The third-order valence-corrected chi connectivity index (χ3v) is 4.08. The standard InChI is InChI=1S/C17H32O2/c1-3-5-7-8-11-16-12-9-13-17(19-16)14-15(18)10-6-4-2/h16-17H,3-14H2,1-2H3/t16-,17-/m0/s1. The molecular weight excluding hydrogens is 236 g/mol. The SMILES string of the molecule is CCCCCC[C@H]1CCC[C@@H](CC(=O)CCCC)O1. The van der Waals surface area contributed by atoms with Crippen LogP contribution in [0.25, 0.3) is 0 Å². The van der Waals surface area contributed by atoms with Crippen molar-refractivity contribution >= 4 is 5.78 Å². The first-order valence-electron chi connectivity index (χ1n) is 8.43. The van der Waals surface area contributed by atoms with Crippen LogP contribution >= 0.6 is 0 Å². The number of rotatable bonds is 10. The Morgan fingerprint density at radius 3 is 2.47 bits per heavy atom. The minimum atomic E-state index is 0.217. The summed E-state index contributed by atoms with van der Waals surface area (Å²) in [5.74, 6) is 0.401. The summed E-state index contributed by atoms with van der Waals surface area (Å²) in [4.78, 5) is 11.8. The molecule has 19 heavy (non-hydrogen) atoms. The predicted octanol–water partition coefficient (Wildman–Crippen LogP) is 5.04. The number of hydrogen-bond donors (Lipinski definition) is 0. The molecule has 1 rings (SSSR count). The van der Waals surface area contributed by atoms with Crippen LogP contribution in [0.4, 0.5) is 0 Å². The number of carbonyl (C=O) groups excluding carboxylic acids is 1. The molecule has 0 saturated carbocycles. The Balaban J connectivity index is 2.16. The van der Waals surface area contributed by atoms with Crippen molar-refractivity contribution in [3.05, 3.63) is 0 Å². The highest BCUT2D eigenvalue weighted by atomic mass is 16.5. The van der Waals surface area contributed by atoms with E-state index in [0.29, 0.717) is 18.3 Å². The summed E-state index contributed by atoms with van der Waals surface area (Å²) in [5, 5.41) is 0. The van der Waals surface area contributed by atoms with E-state index >= 15 is 0 Å². The number of ether oxygens (including phenoxy) is 1. The highest BCUT2D eigenvalue weighted by Crippen LogP contribution is 2.25. The minimum Gasteiger partial charge on any atom is -0.375 e. The van der Waals surface area contributed by atoms with Crippen LogP contribution in [0.3, 0.4) is 0 Å². The predicted molar refractivity (Wildman–Crippen MR) is 80.4 cm³/mol. The molecule has 0 amide bonds. The van der Waals surface area contributed by atoms with E-state index in [1.807, 2.05) is 0 Å². The molecule has 1 fully saturated rings. The zero-order valence-electron chi connectivity index (χ0n) is 13.0. The van der Waals surface area contributed by atoms with Gasteiger partial charge < -0.3 is 4.74 Å². The van der Waals surface area contributed by atoms with Crippen molar-refractivity contribution in [1.29, 1.82) is 0 Å². The third-order valence-electron chi connectivity index (χ3n) is 4.08. The molecule has 2 atom stereocenters. The molecule has 0 aromatic rings. The molecule has 0 N–H and O–H groups in total. The Bertz CT molecular complexity index is 237. The molecular formula is C17H32O2. The average molecular weight is 268 g/mol. The molecule has 0 aromatic carbocycles. The Hall–Kier alpha value is -0.370. The van der Waals surface area contributed by atoms with E-state index in [9.17, 15) is 4.79 Å². The second-order valence-electron chi connectivity index (χ2n) is 6.01. The second kappa shape index (κ2) is 10.4. The monoisotopic (exact) mass is 268 g/mol. The van der Waals surface area contributed by atoms with Gasteiger partial charge in [-0.15, -0.1) is 0 Å². The molecule has 1 aliphatic rings. The van der Waals surface area contributed by atoms with Gasteiger partial charge in [0.2, 0.25) is 0 Å². The topological polar surface area (TPSA) is 26.3 Å². The Labute approximate surface area is 119 Å². The molecule has 0 aliphatic carbocycles. The van der Waals surface area contributed by atoms with Crippen molar-refractivity contribution in [3.63, 3.8) is 0 Å². The van der Waals surface area contributed by atoms with E-state index in [4.69, 9.17) is 4.74 Å². The number of Topliss-reactive ketones (excluding diaryl/α,β-unsaturated/α-hetero) is 1. The van der Waals surface area contributed by atoms with Crippen molar-refractivity contribution in [1.82, 2.24) is 0 Å². The van der Waals surface area contributed by atoms with Gasteiger partial charge in [0.25, 0.3) is 0 Å². The quantitative estimate of drug-likeness (QED) is 0.519. The van der Waals surface area contributed by atoms with Gasteiger partial charge in [0.05, 0.1) is 12.2 Å². The molecule has 0 spiro atoms. The third kappa shape index (κ3) is 7.71. The summed E-state index contributed by atoms with van der Waals surface area (Å²) in [6.07, 6.45) is 14.2. The summed E-state index contributed by atoms with van der Waals surface area (Å²) in [6, 6.07) is 0. The van der Waals surface area contributed by atoms with Gasteiger partial charge in [0.1, 0.15) is 5.78 Å². The van der Waals surface area contributed by atoms with Crippen molar-refractivity contribution < 1.29 is 9.53 Å². The van der Waals surface area contributed by atoms with Crippen LogP contribution in [-0.4, -0.2) is 18.0 Å². The summed E-state index contributed by atoms with van der Waals surface area (Å²) in [5.41, 5.74) is 0. The molecule has 0 unspecified atom stereocenters. The Morgan fingerprint density at radius 2 is 1.74 bits per heavy atom. The zero-order chi connectivity index (χ0) is 13.9. The number of ketones is 1. The maximum Gasteiger partial charge on any atom is 0.135 e. The lowest BCUT2D eigenvalue weighted by molar-refractivity contribution is -0.125. The highest BCUT2D eigenvalue weighted by molar-refractivity contribution is 5.78. The fourth-order valence-corrected chi connectivity index (χ4v) is 2.87. The van der Waals surface area contributed by atoms with Crippen LogP contribution < -0.4 is 0 Å². The number of unbranched alkanes of at least 4 members (excludes halogenated alkanes) is 4. The van der Waals surface area contributed by atoms with Gasteiger partial charge in [-0.1, -0.05) is 46.0 Å². The summed E-state index contributed by atoms with van der Waals surface area (Å²) in [6.45, 7) is 4.38. The molecule has 0 aromatic heterocycles. The Morgan fingerprint density at radius 1 is 1.00 bits per heavy atom. The van der Waals surface area contributed by atoms with Crippen LogP contribution in [0.5, 0.6) is 0 Å². The van der Waals surface area contributed by atoms with E-state index in [0.717, 1.165) is 25.7 Å². The van der Waals surface area contributed by atoms with E-state index in [-0.39, 0.29) is 6.10 Å². The van der Waals surface area contributed by atoms with E-state index < -0.39 is 0 Å². The van der Waals surface area contributed by atoms with Gasteiger partial charge >= 0.3 is 0 Å². The van der Waals surface area contributed by atoms with Gasteiger partial charge in [-0.05, 0) is 32.1 Å². The lowest BCUT2D eigenvalue weighted by Crippen LogP contribution is -2.29. The molecule has 0 radical (unpaired) electrons. The van der Waals surface area contributed by atoms with Crippen LogP contribution in [0.1, 0.15) is 90.9 Å². The lowest BCUT2D eigenvalue weighted by atomic mass is 9.96. The number of carbonyl (C=O) groups is 1. The number of hydrogen-bond acceptors (Lipinski definition) is 2. The molecule has 2 heteroatoms. The van der Waals surface area contributed by atoms with Crippen LogP contribution in [0, 0.1) is 0 Å². The summed E-state index contributed by atoms with van der Waals surface area (Å²) < 4.78 is 6.10. The average Bonchev–Trinajstić information content (AvgIpc) is 2.42. The van der Waals surface area contributed by atoms with Crippen LogP contribution in [0.15, 0.2) is 0 Å². The molecule has 1 saturated heterocycles. The van der Waals surface area contributed by atoms with Crippen LogP contribution in [0.2, 0.25) is 0 Å². The first-order chi connectivity index (χ1) is 9.26. The highest BCUT2D eigenvalue weighted by Gasteiger charge is 2.23. The van der Waals surface area contributed by atoms with Gasteiger partial charge in [-0.2, -0.15) is 0 Å². The fraction of sp³-hybridized carbons (Fsp3) is 0.941.